The predicted molar refractivity (Wildman–Crippen MR) is 187 cm³/mol. The van der Waals surface area contributed by atoms with E-state index >= 15 is 0 Å². The fourth-order valence-electron chi connectivity index (χ4n) is 6.28. The van der Waals surface area contributed by atoms with Crippen LogP contribution in [-0.4, -0.2) is 77.8 Å². The molecule has 4 rings (SSSR count). The number of carbonyl (C=O) groups excluding carboxylic acids is 1. The van der Waals surface area contributed by atoms with Crippen molar-refractivity contribution in [3.05, 3.63) is 59.7 Å². The number of halogens is 6. The lowest BCUT2D eigenvalue weighted by Crippen LogP contribution is -2.57. The summed E-state index contributed by atoms with van der Waals surface area (Å²) in [7, 11) is 6.75. The van der Waals surface area contributed by atoms with E-state index in [-0.39, 0.29) is 6.54 Å². The molecule has 3 aromatic carbocycles. The number of aryl methyl sites for hydroxylation is 1. The van der Waals surface area contributed by atoms with Crippen LogP contribution in [0.2, 0.25) is 0 Å². The van der Waals surface area contributed by atoms with Gasteiger partial charge in [0.2, 0.25) is 5.91 Å². The molecule has 6 nitrogen and oxygen atoms in total. The number of amides is 1. The van der Waals surface area contributed by atoms with Crippen molar-refractivity contribution in [2.75, 3.05) is 54.6 Å². The number of hydrogen-bond acceptors (Lipinski definition) is 5. The highest BCUT2D eigenvalue weighted by Crippen LogP contribution is 2.48. The summed E-state index contributed by atoms with van der Waals surface area (Å²) in [6, 6.07) is 17.2. The van der Waals surface area contributed by atoms with E-state index in [1.165, 1.54) is 41.7 Å². The summed E-state index contributed by atoms with van der Waals surface area (Å²) < 4.78 is 92.0. The molecule has 1 unspecified atom stereocenters. The first-order valence-electron chi connectivity index (χ1n) is 16.8. The highest BCUT2D eigenvalue weighted by molar-refractivity contribution is 6.01. The van der Waals surface area contributed by atoms with Gasteiger partial charge in [0.15, 0.2) is 0 Å². The minimum atomic E-state index is -4.77. The van der Waals surface area contributed by atoms with Crippen LogP contribution in [-0.2, 0) is 9.53 Å². The van der Waals surface area contributed by atoms with Crippen LogP contribution in [0.3, 0.4) is 0 Å². The largest absolute Gasteiger partial charge is 0.496 e. The van der Waals surface area contributed by atoms with E-state index in [9.17, 15) is 31.1 Å². The van der Waals surface area contributed by atoms with Gasteiger partial charge in [0.05, 0.1) is 26.3 Å². The summed E-state index contributed by atoms with van der Waals surface area (Å²) in [5, 5.41) is 4.62. The van der Waals surface area contributed by atoms with Gasteiger partial charge in [-0.1, -0.05) is 69.2 Å². The summed E-state index contributed by atoms with van der Waals surface area (Å²) in [6.07, 6.45) is -6.94. The second-order valence-corrected chi connectivity index (χ2v) is 12.5. The number of benzene rings is 3. The number of ether oxygens (including phenoxy) is 3. The van der Waals surface area contributed by atoms with E-state index in [2.05, 4.69) is 79.4 Å². The zero-order chi connectivity index (χ0) is 37.7. The summed E-state index contributed by atoms with van der Waals surface area (Å²) >= 11 is 0. The number of unbranched alkanes of at least 4 members (excludes halogenated alkanes) is 1. The first-order valence-corrected chi connectivity index (χ1v) is 16.8. The van der Waals surface area contributed by atoms with Crippen molar-refractivity contribution in [1.29, 1.82) is 0 Å². The van der Waals surface area contributed by atoms with Gasteiger partial charge in [0.25, 0.3) is 0 Å². The van der Waals surface area contributed by atoms with Crippen molar-refractivity contribution in [2.24, 2.45) is 5.41 Å². The standard InChI is InChI=1S/C25H30O2.C11H16F6N2O.C2H6O/c1-6-7-10-18(3)20-15-16-23(26-4)24(25(20)27-5)22-14-9-12-19-17(2)11-8-13-21(19)22;1-2-18-8(20)9(11(15,16)17)3-5-19(6-4-9)7-10(12,13)14;1-3-2/h8-9,11-16,18H,6-7,10H2,1-5H3;2-7H2,1H3,(H,18,20);1-2H3. The summed E-state index contributed by atoms with van der Waals surface area (Å²) in [4.78, 5) is 12.6. The zero-order valence-corrected chi connectivity index (χ0v) is 30.4. The Morgan fingerprint density at radius 2 is 1.50 bits per heavy atom. The van der Waals surface area contributed by atoms with E-state index in [4.69, 9.17) is 9.47 Å². The lowest BCUT2D eigenvalue weighted by molar-refractivity contribution is -0.235. The molecule has 1 atom stereocenters. The van der Waals surface area contributed by atoms with Crippen LogP contribution in [0.25, 0.3) is 21.9 Å². The molecule has 1 saturated heterocycles. The van der Waals surface area contributed by atoms with Gasteiger partial charge in [0, 0.05) is 20.8 Å². The molecule has 0 aromatic heterocycles. The Labute approximate surface area is 292 Å². The molecule has 1 aliphatic heterocycles. The predicted octanol–water partition coefficient (Wildman–Crippen LogP) is 9.72. The SMILES string of the molecule is CCCCC(C)c1ccc(OC)c(-c2cccc3c(C)cccc23)c1OC.CCNC(=O)C1(C(F)(F)F)CCN(CC(F)(F)F)CC1.COC. The average molecular weight is 715 g/mol. The van der Waals surface area contributed by atoms with E-state index in [1.54, 1.807) is 28.4 Å². The number of fused-ring (bicyclic) bond motifs is 1. The lowest BCUT2D eigenvalue weighted by Gasteiger charge is -2.41. The number of methoxy groups -OCH3 is 3. The van der Waals surface area contributed by atoms with Gasteiger partial charge in [-0.25, -0.2) is 0 Å². The molecule has 0 aliphatic carbocycles. The van der Waals surface area contributed by atoms with Crippen molar-refractivity contribution < 1.29 is 45.3 Å². The van der Waals surface area contributed by atoms with E-state index in [1.807, 2.05) is 0 Å². The maximum Gasteiger partial charge on any atom is 0.403 e. The van der Waals surface area contributed by atoms with Gasteiger partial charge in [-0.2, -0.15) is 26.3 Å². The van der Waals surface area contributed by atoms with Gasteiger partial charge < -0.3 is 19.5 Å². The first kappa shape index (κ1) is 42.7. The van der Waals surface area contributed by atoms with Crippen LogP contribution in [0.15, 0.2) is 48.5 Å². The molecule has 3 aromatic rings. The molecule has 50 heavy (non-hydrogen) atoms. The third-order valence-corrected chi connectivity index (χ3v) is 8.93. The molecular weight excluding hydrogens is 662 g/mol. The number of nitrogens with zero attached hydrogens (tertiary/aromatic N) is 1. The third kappa shape index (κ3) is 10.7. The highest BCUT2D eigenvalue weighted by atomic mass is 19.4. The van der Waals surface area contributed by atoms with Crippen LogP contribution in [0.4, 0.5) is 26.3 Å². The molecule has 0 spiro atoms. The number of rotatable bonds is 10. The van der Waals surface area contributed by atoms with Gasteiger partial charge >= 0.3 is 12.4 Å². The van der Waals surface area contributed by atoms with Crippen LogP contribution < -0.4 is 14.8 Å². The van der Waals surface area contributed by atoms with Gasteiger partial charge in [0.1, 0.15) is 16.9 Å². The van der Waals surface area contributed by atoms with Crippen molar-refractivity contribution in [3.63, 3.8) is 0 Å². The van der Waals surface area contributed by atoms with E-state index in [0.717, 1.165) is 33.9 Å². The van der Waals surface area contributed by atoms with Crippen molar-refractivity contribution in [1.82, 2.24) is 10.2 Å². The number of carbonyl (C=O) groups is 1. The first-order chi connectivity index (χ1) is 23.5. The Morgan fingerprint density at radius 1 is 0.900 bits per heavy atom. The Morgan fingerprint density at radius 3 is 2.02 bits per heavy atom. The molecule has 1 aliphatic rings. The smallest absolute Gasteiger partial charge is 0.403 e. The van der Waals surface area contributed by atoms with Crippen molar-refractivity contribution in [2.45, 2.75) is 78.1 Å². The molecule has 12 heteroatoms. The topological polar surface area (TPSA) is 60.0 Å². The van der Waals surface area contributed by atoms with Crippen LogP contribution in [0, 0.1) is 12.3 Å². The van der Waals surface area contributed by atoms with Crippen molar-refractivity contribution >= 4 is 16.7 Å². The van der Waals surface area contributed by atoms with Gasteiger partial charge in [-0.3, -0.25) is 9.69 Å². The summed E-state index contributed by atoms with van der Waals surface area (Å²) in [5.74, 6) is 1.08. The van der Waals surface area contributed by atoms with E-state index < -0.39 is 56.2 Å². The molecule has 1 amide bonds. The Balaban J connectivity index is 0.000000335. The normalized spacial score (nSPS) is 15.2. The Hall–Kier alpha value is -3.51. The van der Waals surface area contributed by atoms with Crippen LogP contribution >= 0.6 is 0 Å². The molecule has 1 N–H and O–H groups in total. The van der Waals surface area contributed by atoms with Crippen LogP contribution in [0.1, 0.15) is 69.9 Å². The molecule has 0 saturated carbocycles. The minimum Gasteiger partial charge on any atom is -0.496 e. The molecule has 1 heterocycles. The second-order valence-electron chi connectivity index (χ2n) is 12.5. The molecule has 0 radical (unpaired) electrons. The third-order valence-electron chi connectivity index (χ3n) is 8.93. The van der Waals surface area contributed by atoms with Crippen LogP contribution in [0.5, 0.6) is 11.5 Å². The second kappa shape index (κ2) is 19.2. The zero-order valence-electron chi connectivity index (χ0n) is 30.4. The number of piperidine rings is 1. The Bertz CT molecular complexity index is 1500. The number of likely N-dealkylation sites (tertiary alicyclic amines) is 1. The van der Waals surface area contributed by atoms with Gasteiger partial charge in [-0.15, -0.1) is 0 Å². The number of nitrogens with one attached hydrogen (secondary N) is 1. The summed E-state index contributed by atoms with van der Waals surface area (Å²) in [6.45, 7) is 6.15. The quantitative estimate of drug-likeness (QED) is 0.212. The number of hydrogen-bond donors (Lipinski definition) is 1. The molecule has 1 fully saturated rings. The summed E-state index contributed by atoms with van der Waals surface area (Å²) in [5.41, 5.74) is 2.17. The molecule has 0 bridgehead atoms. The molecule has 280 valence electrons. The maximum absolute atomic E-state index is 13.1. The average Bonchev–Trinajstić information content (AvgIpc) is 3.06. The lowest BCUT2D eigenvalue weighted by atomic mass is 9.76. The minimum absolute atomic E-state index is 0.0446. The fourth-order valence-corrected chi connectivity index (χ4v) is 6.28. The van der Waals surface area contributed by atoms with Crippen molar-refractivity contribution in [3.8, 4) is 22.6 Å². The van der Waals surface area contributed by atoms with E-state index in [0.29, 0.717) is 5.92 Å². The fraction of sp³-hybridized carbons (Fsp3) is 0.553. The molecular formula is C38H52F6N2O4. The Kier molecular flexibility index (Phi) is 16.4. The highest BCUT2D eigenvalue weighted by Gasteiger charge is 2.60. The monoisotopic (exact) mass is 714 g/mol. The van der Waals surface area contributed by atoms with Gasteiger partial charge in [-0.05, 0) is 85.6 Å². The maximum atomic E-state index is 13.1. The number of alkyl halides is 6.